The number of hydrogen-bond donors (Lipinski definition) is 3. The standard InChI is InChI=1S/C21H18F7N3O2/c1-10-9-11(19(22,20(23,24)25)21(26,27)28)5-8-15(10)31-17(32)13-3-2-4-14(29)16(13)18(33)30-12-6-7-12/h2-5,8-9,12H,6-7,29H2,1H3,(H,30,33)(H,31,32). The summed E-state index contributed by atoms with van der Waals surface area (Å²) in [5.41, 5.74) is -2.13. The number of alkyl halides is 7. The Morgan fingerprint density at radius 2 is 1.55 bits per heavy atom. The van der Waals surface area contributed by atoms with E-state index in [-0.39, 0.29) is 34.1 Å². The van der Waals surface area contributed by atoms with E-state index in [1.165, 1.54) is 18.2 Å². The smallest absolute Gasteiger partial charge is 0.398 e. The van der Waals surface area contributed by atoms with Gasteiger partial charge in [0.25, 0.3) is 11.8 Å². The van der Waals surface area contributed by atoms with Gasteiger partial charge in [0.05, 0.1) is 11.1 Å². The zero-order chi connectivity index (χ0) is 24.8. The lowest BCUT2D eigenvalue weighted by Crippen LogP contribution is -2.50. The molecule has 0 unspecified atom stereocenters. The topological polar surface area (TPSA) is 84.2 Å². The molecule has 2 aromatic carbocycles. The third-order valence-corrected chi connectivity index (χ3v) is 5.13. The molecule has 178 valence electrons. The molecule has 12 heteroatoms. The predicted octanol–water partition coefficient (Wildman–Crippen LogP) is 5.01. The lowest BCUT2D eigenvalue weighted by atomic mass is 9.92. The maximum Gasteiger partial charge on any atom is 0.435 e. The number of carbonyl (C=O) groups is 2. The summed E-state index contributed by atoms with van der Waals surface area (Å²) in [7, 11) is 0. The Morgan fingerprint density at radius 3 is 2.06 bits per heavy atom. The van der Waals surface area contributed by atoms with Gasteiger partial charge in [-0.3, -0.25) is 9.59 Å². The van der Waals surface area contributed by atoms with Gasteiger partial charge in [0.15, 0.2) is 0 Å². The molecule has 4 N–H and O–H groups in total. The predicted molar refractivity (Wildman–Crippen MR) is 105 cm³/mol. The monoisotopic (exact) mass is 477 g/mol. The summed E-state index contributed by atoms with van der Waals surface area (Å²) in [6.07, 6.45) is -11.0. The summed E-state index contributed by atoms with van der Waals surface area (Å²) in [4.78, 5) is 25.2. The molecule has 0 spiro atoms. The Morgan fingerprint density at radius 1 is 0.939 bits per heavy atom. The van der Waals surface area contributed by atoms with Crippen LogP contribution in [-0.2, 0) is 5.67 Å². The molecule has 0 bridgehead atoms. The summed E-state index contributed by atoms with van der Waals surface area (Å²) in [6, 6.07) is 5.43. The highest BCUT2D eigenvalue weighted by Gasteiger charge is 2.73. The number of nitrogens with one attached hydrogen (secondary N) is 2. The van der Waals surface area contributed by atoms with Crippen LogP contribution in [0.4, 0.5) is 42.1 Å². The summed E-state index contributed by atoms with van der Waals surface area (Å²) in [6.45, 7) is 1.10. The van der Waals surface area contributed by atoms with Crippen molar-refractivity contribution in [1.29, 1.82) is 0 Å². The van der Waals surface area contributed by atoms with E-state index in [1.54, 1.807) is 0 Å². The van der Waals surface area contributed by atoms with Crippen LogP contribution in [0.1, 0.15) is 44.7 Å². The lowest BCUT2D eigenvalue weighted by molar-refractivity contribution is -0.348. The number of nitrogens with two attached hydrogens (primary N) is 1. The molecule has 0 aliphatic heterocycles. The highest BCUT2D eigenvalue weighted by molar-refractivity contribution is 6.14. The Hall–Kier alpha value is -3.31. The molecular formula is C21H18F7N3O2. The molecule has 1 fully saturated rings. The van der Waals surface area contributed by atoms with Crippen LogP contribution in [0.15, 0.2) is 36.4 Å². The molecule has 1 aliphatic rings. The number of carbonyl (C=O) groups excluding carboxylic acids is 2. The molecule has 0 heterocycles. The van der Waals surface area contributed by atoms with Gasteiger partial charge in [0.2, 0.25) is 0 Å². The van der Waals surface area contributed by atoms with E-state index < -0.39 is 35.4 Å². The van der Waals surface area contributed by atoms with Crippen molar-refractivity contribution in [3.63, 3.8) is 0 Å². The number of halogens is 7. The minimum atomic E-state index is -6.26. The molecule has 0 radical (unpaired) electrons. The van der Waals surface area contributed by atoms with Gasteiger partial charge in [-0.1, -0.05) is 18.2 Å². The number of aryl methyl sites for hydroxylation is 1. The Labute approximate surface area is 183 Å². The zero-order valence-electron chi connectivity index (χ0n) is 17.0. The van der Waals surface area contributed by atoms with E-state index in [1.807, 2.05) is 0 Å². The van der Waals surface area contributed by atoms with Gasteiger partial charge in [-0.15, -0.1) is 0 Å². The quantitative estimate of drug-likeness (QED) is 0.418. The molecule has 33 heavy (non-hydrogen) atoms. The van der Waals surface area contributed by atoms with E-state index in [0.29, 0.717) is 12.1 Å². The molecule has 0 atom stereocenters. The fourth-order valence-corrected chi connectivity index (χ4v) is 3.19. The van der Waals surface area contributed by atoms with Crippen molar-refractivity contribution in [3.05, 3.63) is 58.7 Å². The number of amides is 2. The maximum atomic E-state index is 14.3. The fraction of sp³-hybridized carbons (Fsp3) is 0.333. The summed E-state index contributed by atoms with van der Waals surface area (Å²) >= 11 is 0. The van der Waals surface area contributed by atoms with Crippen molar-refractivity contribution in [1.82, 2.24) is 5.32 Å². The summed E-state index contributed by atoms with van der Waals surface area (Å²) < 4.78 is 92.2. The van der Waals surface area contributed by atoms with Crippen LogP contribution in [0.2, 0.25) is 0 Å². The number of rotatable bonds is 5. The molecule has 5 nitrogen and oxygen atoms in total. The van der Waals surface area contributed by atoms with Crippen molar-refractivity contribution >= 4 is 23.2 Å². The molecule has 2 aromatic rings. The number of hydrogen-bond acceptors (Lipinski definition) is 3. The van der Waals surface area contributed by atoms with Crippen LogP contribution >= 0.6 is 0 Å². The van der Waals surface area contributed by atoms with Crippen LogP contribution in [0.5, 0.6) is 0 Å². The van der Waals surface area contributed by atoms with Gasteiger partial charge >= 0.3 is 18.0 Å². The Kier molecular flexibility index (Phi) is 6.07. The van der Waals surface area contributed by atoms with Crippen LogP contribution in [-0.4, -0.2) is 30.2 Å². The molecule has 0 aromatic heterocycles. The molecule has 0 saturated heterocycles. The van der Waals surface area contributed by atoms with Gasteiger partial charge in [-0.25, -0.2) is 4.39 Å². The first kappa shape index (κ1) is 24.3. The first-order valence-electron chi connectivity index (χ1n) is 9.61. The average Bonchev–Trinajstić information content (AvgIpc) is 3.50. The van der Waals surface area contributed by atoms with E-state index >= 15 is 0 Å². The third-order valence-electron chi connectivity index (χ3n) is 5.13. The maximum absolute atomic E-state index is 14.3. The minimum absolute atomic E-state index is 0.00503. The van der Waals surface area contributed by atoms with Crippen molar-refractivity contribution < 1.29 is 40.3 Å². The van der Waals surface area contributed by atoms with Crippen LogP contribution < -0.4 is 16.4 Å². The normalized spacial score (nSPS) is 14.7. The van der Waals surface area contributed by atoms with Gasteiger partial charge in [-0.05, 0) is 43.5 Å². The van der Waals surface area contributed by atoms with Crippen LogP contribution in [0.25, 0.3) is 0 Å². The minimum Gasteiger partial charge on any atom is -0.398 e. The van der Waals surface area contributed by atoms with Crippen LogP contribution in [0.3, 0.4) is 0 Å². The second kappa shape index (κ2) is 8.23. The first-order valence-corrected chi connectivity index (χ1v) is 9.61. The number of nitrogen functional groups attached to an aromatic ring is 1. The molecular weight excluding hydrogens is 459 g/mol. The Bertz CT molecular complexity index is 1080. The second-order valence-corrected chi connectivity index (χ2v) is 7.66. The van der Waals surface area contributed by atoms with Crippen molar-refractivity contribution in [3.8, 4) is 0 Å². The van der Waals surface area contributed by atoms with Crippen molar-refractivity contribution in [2.75, 3.05) is 11.1 Å². The fourth-order valence-electron chi connectivity index (χ4n) is 3.19. The van der Waals surface area contributed by atoms with Crippen LogP contribution in [0, 0.1) is 6.92 Å². The van der Waals surface area contributed by atoms with E-state index in [0.717, 1.165) is 25.8 Å². The van der Waals surface area contributed by atoms with Crippen molar-refractivity contribution in [2.24, 2.45) is 0 Å². The second-order valence-electron chi connectivity index (χ2n) is 7.66. The highest BCUT2D eigenvalue weighted by atomic mass is 19.4. The number of anilines is 2. The van der Waals surface area contributed by atoms with Crippen molar-refractivity contribution in [2.45, 2.75) is 43.8 Å². The van der Waals surface area contributed by atoms with Gasteiger partial charge in [0, 0.05) is 23.0 Å². The van der Waals surface area contributed by atoms with Gasteiger partial charge in [0.1, 0.15) is 0 Å². The molecule has 2 amide bonds. The van der Waals surface area contributed by atoms with E-state index in [9.17, 15) is 40.3 Å². The average molecular weight is 477 g/mol. The zero-order valence-corrected chi connectivity index (χ0v) is 17.0. The number of benzene rings is 2. The van der Waals surface area contributed by atoms with E-state index in [4.69, 9.17) is 5.73 Å². The molecule has 1 aliphatic carbocycles. The SMILES string of the molecule is Cc1cc(C(F)(C(F)(F)F)C(F)(F)F)ccc1NC(=O)c1cccc(N)c1C(=O)NC1CC1. The largest absolute Gasteiger partial charge is 0.435 e. The Balaban J connectivity index is 1.92. The first-order chi connectivity index (χ1) is 15.2. The molecule has 1 saturated carbocycles. The van der Waals surface area contributed by atoms with E-state index in [2.05, 4.69) is 10.6 Å². The summed E-state index contributed by atoms with van der Waals surface area (Å²) in [5, 5.41) is 4.99. The highest BCUT2D eigenvalue weighted by Crippen LogP contribution is 2.53. The summed E-state index contributed by atoms with van der Waals surface area (Å²) in [5.74, 6) is -1.47. The molecule has 3 rings (SSSR count). The lowest BCUT2D eigenvalue weighted by Gasteiger charge is -2.30. The third kappa shape index (κ3) is 4.60. The van der Waals surface area contributed by atoms with Gasteiger partial charge < -0.3 is 16.4 Å². The van der Waals surface area contributed by atoms with Gasteiger partial charge in [-0.2, -0.15) is 26.3 Å².